The topological polar surface area (TPSA) is 71.0 Å². The fourth-order valence-corrected chi connectivity index (χ4v) is 3.28. The highest BCUT2D eigenvalue weighted by Crippen LogP contribution is 2.24. The molecule has 2 aromatic rings. The highest BCUT2D eigenvalue weighted by Gasteiger charge is 2.27. The molecule has 2 heterocycles. The van der Waals surface area contributed by atoms with Crippen LogP contribution in [-0.2, 0) is 6.54 Å². The van der Waals surface area contributed by atoms with Crippen molar-refractivity contribution in [3.63, 3.8) is 0 Å². The van der Waals surface area contributed by atoms with Crippen LogP contribution in [0.2, 0.25) is 0 Å². The van der Waals surface area contributed by atoms with Gasteiger partial charge in [0.1, 0.15) is 5.82 Å². The fourth-order valence-electron chi connectivity index (χ4n) is 3.28. The molecule has 0 radical (unpaired) electrons. The maximum absolute atomic E-state index is 13.1. The zero-order chi connectivity index (χ0) is 17.8. The predicted octanol–water partition coefficient (Wildman–Crippen LogP) is 1.05. The second kappa shape index (κ2) is 7.86. The molecule has 0 spiro atoms. The van der Waals surface area contributed by atoms with Gasteiger partial charge in [0, 0.05) is 43.5 Å². The van der Waals surface area contributed by atoms with Crippen LogP contribution in [0.25, 0.3) is 0 Å². The summed E-state index contributed by atoms with van der Waals surface area (Å²) in [7, 11) is 0. The molecule has 1 fully saturated rings. The Balaban J connectivity index is 1.53. The van der Waals surface area contributed by atoms with Crippen LogP contribution in [0.15, 0.2) is 35.1 Å². The van der Waals surface area contributed by atoms with Crippen molar-refractivity contribution in [1.82, 2.24) is 25.7 Å². The van der Waals surface area contributed by atoms with Crippen molar-refractivity contribution in [3.05, 3.63) is 63.6 Å². The first-order valence-electron chi connectivity index (χ1n) is 8.54. The number of benzene rings is 1. The van der Waals surface area contributed by atoms with Gasteiger partial charge in [0.25, 0.3) is 0 Å². The maximum Gasteiger partial charge on any atom is 0.347 e. The highest BCUT2D eigenvalue weighted by atomic mass is 19.1. The maximum atomic E-state index is 13.1. The third kappa shape index (κ3) is 4.31. The summed E-state index contributed by atoms with van der Waals surface area (Å²) in [5.74, 6) is 0.122. The summed E-state index contributed by atoms with van der Waals surface area (Å²) in [5.41, 5.74) is 8.95. The van der Waals surface area contributed by atoms with Crippen LogP contribution in [0.4, 0.5) is 4.39 Å². The van der Waals surface area contributed by atoms with E-state index in [1.807, 2.05) is 32.0 Å². The highest BCUT2D eigenvalue weighted by molar-refractivity contribution is 5.21. The summed E-state index contributed by atoms with van der Waals surface area (Å²) in [4.78, 5) is 15.9. The Labute approximate surface area is 146 Å². The van der Waals surface area contributed by atoms with Gasteiger partial charge >= 0.3 is 5.69 Å². The average molecular weight is 345 g/mol. The van der Waals surface area contributed by atoms with Gasteiger partial charge in [0.2, 0.25) is 0 Å². The minimum Gasteiger partial charge on any atom is -0.315 e. The largest absolute Gasteiger partial charge is 0.347 e. The van der Waals surface area contributed by atoms with Crippen molar-refractivity contribution >= 4 is 0 Å². The van der Waals surface area contributed by atoms with Gasteiger partial charge in [0.15, 0.2) is 0 Å². The second-order valence-corrected chi connectivity index (χ2v) is 6.49. The number of nitrogens with zero attached hydrogens (tertiary/aromatic N) is 2. The van der Waals surface area contributed by atoms with Crippen molar-refractivity contribution in [2.45, 2.75) is 26.4 Å². The Morgan fingerprint density at radius 2 is 2.08 bits per heavy atom. The molecule has 134 valence electrons. The van der Waals surface area contributed by atoms with Gasteiger partial charge in [-0.25, -0.2) is 14.6 Å². The van der Waals surface area contributed by atoms with Crippen molar-refractivity contribution < 1.29 is 4.39 Å². The second-order valence-electron chi connectivity index (χ2n) is 6.49. The van der Waals surface area contributed by atoms with E-state index in [0.717, 1.165) is 30.0 Å². The number of hydrogen-bond acceptors (Lipinski definition) is 5. The van der Waals surface area contributed by atoms with Crippen LogP contribution in [0, 0.1) is 25.6 Å². The minimum absolute atomic E-state index is 0.138. The third-order valence-electron chi connectivity index (χ3n) is 4.59. The van der Waals surface area contributed by atoms with Crippen LogP contribution in [0.5, 0.6) is 0 Å². The summed E-state index contributed by atoms with van der Waals surface area (Å²) in [6.07, 6.45) is 0. The average Bonchev–Trinajstić information content (AvgIpc) is 3.02. The van der Waals surface area contributed by atoms with Gasteiger partial charge < -0.3 is 5.32 Å². The lowest BCUT2D eigenvalue weighted by Gasteiger charge is -2.19. The fraction of sp³-hybridized carbons (Fsp3) is 0.444. The molecule has 1 aromatic heterocycles. The van der Waals surface area contributed by atoms with Gasteiger partial charge in [-0.1, -0.05) is 12.1 Å². The van der Waals surface area contributed by atoms with Crippen LogP contribution >= 0.6 is 0 Å². The smallest absolute Gasteiger partial charge is 0.315 e. The molecule has 1 aromatic carbocycles. The third-order valence-corrected chi connectivity index (χ3v) is 4.59. The number of aryl methyl sites for hydroxylation is 2. The molecule has 2 atom stereocenters. The van der Waals surface area contributed by atoms with E-state index in [1.54, 1.807) is 4.57 Å². The van der Waals surface area contributed by atoms with Crippen LogP contribution in [0.1, 0.15) is 23.0 Å². The Kier molecular flexibility index (Phi) is 5.57. The van der Waals surface area contributed by atoms with Crippen molar-refractivity contribution in [2.75, 3.05) is 19.6 Å². The van der Waals surface area contributed by atoms with Crippen LogP contribution < -0.4 is 21.9 Å². The van der Waals surface area contributed by atoms with Gasteiger partial charge in [-0.05, 0) is 37.6 Å². The molecule has 2 unspecified atom stereocenters. The molecule has 3 N–H and O–H groups in total. The lowest BCUT2D eigenvalue weighted by molar-refractivity contribution is 0.432. The van der Waals surface area contributed by atoms with Gasteiger partial charge in [-0.15, -0.1) is 0 Å². The summed E-state index contributed by atoms with van der Waals surface area (Å²) in [6.45, 7) is 6.66. The number of hydrogen-bond donors (Lipinski definition) is 3. The molecule has 3 rings (SSSR count). The lowest BCUT2D eigenvalue weighted by Crippen LogP contribution is -2.34. The molecule has 0 saturated carbocycles. The zero-order valence-corrected chi connectivity index (χ0v) is 14.6. The molecule has 1 aliphatic rings. The molecule has 0 amide bonds. The Bertz CT molecular complexity index is 774. The molecule has 25 heavy (non-hydrogen) atoms. The Hall–Kier alpha value is -2.09. The minimum atomic E-state index is -0.225. The van der Waals surface area contributed by atoms with Crippen molar-refractivity contribution in [3.8, 4) is 0 Å². The number of aromatic nitrogens is 2. The summed E-state index contributed by atoms with van der Waals surface area (Å²) in [6, 6.07) is 8.65. The predicted molar refractivity (Wildman–Crippen MR) is 94.6 cm³/mol. The molecular weight excluding hydrogens is 321 g/mol. The quantitative estimate of drug-likeness (QED) is 0.683. The molecule has 1 aliphatic heterocycles. The Morgan fingerprint density at radius 1 is 1.32 bits per heavy atom. The molecule has 7 heteroatoms. The molecule has 1 saturated heterocycles. The van der Waals surface area contributed by atoms with Gasteiger partial charge in [0.05, 0.1) is 6.04 Å². The standard InChI is InChI=1S/C18H24FN5O/c1-12-9-13(2)24(18(25)22-12)8-7-20-10-15-11-21-23-17(15)14-3-5-16(19)6-4-14/h3-6,9,15,17,20-21,23H,7-8,10-11H2,1-2H3. The summed E-state index contributed by atoms with van der Waals surface area (Å²) in [5, 5.41) is 3.41. The Morgan fingerprint density at radius 3 is 2.80 bits per heavy atom. The van der Waals surface area contributed by atoms with E-state index >= 15 is 0 Å². The van der Waals surface area contributed by atoms with E-state index in [9.17, 15) is 9.18 Å². The molecule has 6 nitrogen and oxygen atoms in total. The summed E-state index contributed by atoms with van der Waals surface area (Å²) >= 11 is 0. The van der Waals surface area contributed by atoms with E-state index in [2.05, 4.69) is 21.2 Å². The molecule has 0 aliphatic carbocycles. The van der Waals surface area contributed by atoms with E-state index in [-0.39, 0.29) is 17.5 Å². The first-order chi connectivity index (χ1) is 12.0. The van der Waals surface area contributed by atoms with Crippen LogP contribution in [0.3, 0.4) is 0 Å². The number of hydrazine groups is 1. The van der Waals surface area contributed by atoms with E-state index in [1.165, 1.54) is 12.1 Å². The number of rotatable bonds is 6. The monoisotopic (exact) mass is 345 g/mol. The molecule has 0 bridgehead atoms. The normalized spacial score (nSPS) is 20.1. The van der Waals surface area contributed by atoms with E-state index in [0.29, 0.717) is 19.0 Å². The number of halogens is 1. The lowest BCUT2D eigenvalue weighted by atomic mass is 9.95. The van der Waals surface area contributed by atoms with E-state index in [4.69, 9.17) is 0 Å². The first-order valence-corrected chi connectivity index (χ1v) is 8.54. The summed E-state index contributed by atoms with van der Waals surface area (Å²) < 4.78 is 14.8. The van der Waals surface area contributed by atoms with Crippen molar-refractivity contribution in [1.29, 1.82) is 0 Å². The van der Waals surface area contributed by atoms with E-state index < -0.39 is 0 Å². The number of nitrogens with one attached hydrogen (secondary N) is 3. The first kappa shape index (κ1) is 17.7. The van der Waals surface area contributed by atoms with Gasteiger partial charge in [-0.2, -0.15) is 4.98 Å². The zero-order valence-electron chi connectivity index (χ0n) is 14.6. The van der Waals surface area contributed by atoms with Crippen LogP contribution in [-0.4, -0.2) is 29.2 Å². The SMILES string of the molecule is Cc1cc(C)n(CCNCC2CNNC2c2ccc(F)cc2)c(=O)n1. The van der Waals surface area contributed by atoms with Crippen molar-refractivity contribution in [2.24, 2.45) is 5.92 Å². The van der Waals surface area contributed by atoms with Gasteiger partial charge in [-0.3, -0.25) is 9.99 Å². The molecular formula is C18H24FN5O.